The molecule has 4 nitrogen and oxygen atoms in total. The summed E-state index contributed by atoms with van der Waals surface area (Å²) in [5.41, 5.74) is 0.807. The fourth-order valence-corrected chi connectivity index (χ4v) is 1.88. The van der Waals surface area contributed by atoms with Crippen molar-refractivity contribution in [1.29, 1.82) is 0 Å². The number of hydrogen-bond acceptors (Lipinski definition) is 3. The van der Waals surface area contributed by atoms with Gasteiger partial charge < -0.3 is 5.32 Å². The van der Waals surface area contributed by atoms with Crippen LogP contribution < -0.4 is 5.32 Å². The van der Waals surface area contributed by atoms with Crippen LogP contribution in [0.3, 0.4) is 0 Å². The van der Waals surface area contributed by atoms with Gasteiger partial charge in [-0.2, -0.15) is 0 Å². The molecule has 0 aliphatic rings. The van der Waals surface area contributed by atoms with Crippen molar-refractivity contribution in [2.45, 2.75) is 0 Å². The predicted octanol–water partition coefficient (Wildman–Crippen LogP) is 3.80. The second-order valence-corrected chi connectivity index (χ2v) is 4.93. The third kappa shape index (κ3) is 2.98. The molecule has 0 radical (unpaired) electrons. The van der Waals surface area contributed by atoms with Gasteiger partial charge in [0.25, 0.3) is 5.91 Å². The molecule has 0 fully saturated rings. The first-order valence-corrected chi connectivity index (χ1v) is 6.34. The minimum absolute atomic E-state index is 0.297. The number of nitrogens with one attached hydrogen (secondary N) is 1. The molecule has 0 saturated carbocycles. The van der Waals surface area contributed by atoms with Gasteiger partial charge in [0.1, 0.15) is 5.15 Å². The lowest BCUT2D eigenvalue weighted by atomic mass is 10.2. The maximum Gasteiger partial charge on any atom is 0.258 e. The number of amides is 1. The average molecular weight is 347 g/mol. The Bertz CT molecular complexity index is 607. The fraction of sp³-hybridized carbons (Fsp3) is 0. The van der Waals surface area contributed by atoms with E-state index in [4.69, 9.17) is 23.2 Å². The van der Waals surface area contributed by atoms with E-state index in [0.29, 0.717) is 25.9 Å². The van der Waals surface area contributed by atoms with Gasteiger partial charge in [-0.15, -0.1) is 0 Å². The molecule has 1 amide bonds. The Balaban J connectivity index is 2.22. The highest BCUT2D eigenvalue weighted by Gasteiger charge is 2.11. The summed E-state index contributed by atoms with van der Waals surface area (Å²) in [6.45, 7) is 0. The molecule has 0 aliphatic heterocycles. The smallest absolute Gasteiger partial charge is 0.258 e. The minimum atomic E-state index is -0.357. The minimum Gasteiger partial charge on any atom is -0.320 e. The molecule has 2 aromatic heterocycles. The molecular weight excluding hydrogens is 341 g/mol. The number of hydrogen-bond donors (Lipinski definition) is 1. The van der Waals surface area contributed by atoms with Crippen molar-refractivity contribution < 1.29 is 4.79 Å². The topological polar surface area (TPSA) is 54.9 Å². The van der Waals surface area contributed by atoms with Gasteiger partial charge in [0.05, 0.1) is 26.9 Å². The van der Waals surface area contributed by atoms with Crippen LogP contribution in [0.15, 0.2) is 35.2 Å². The first-order chi connectivity index (χ1) is 8.58. The average Bonchev–Trinajstić information content (AvgIpc) is 2.34. The van der Waals surface area contributed by atoms with Gasteiger partial charge in [0, 0.05) is 12.4 Å². The number of rotatable bonds is 2. The van der Waals surface area contributed by atoms with Gasteiger partial charge in [-0.3, -0.25) is 9.78 Å². The zero-order valence-corrected chi connectivity index (χ0v) is 11.9. The number of halogens is 3. The van der Waals surface area contributed by atoms with E-state index in [1.54, 1.807) is 12.1 Å². The molecule has 2 heterocycles. The molecule has 0 aromatic carbocycles. The summed E-state index contributed by atoms with van der Waals surface area (Å²) in [5.74, 6) is -0.357. The van der Waals surface area contributed by atoms with Crippen LogP contribution in [0.4, 0.5) is 5.69 Å². The van der Waals surface area contributed by atoms with E-state index in [-0.39, 0.29) is 5.91 Å². The highest BCUT2D eigenvalue weighted by molar-refractivity contribution is 9.10. The third-order valence-corrected chi connectivity index (χ3v) is 3.53. The SMILES string of the molecule is O=C(Nc1cnc(Cl)c(Br)c1)c1cnccc1Cl. The summed E-state index contributed by atoms with van der Waals surface area (Å²) in [6.07, 6.45) is 4.37. The highest BCUT2D eigenvalue weighted by Crippen LogP contribution is 2.23. The van der Waals surface area contributed by atoms with E-state index in [1.807, 2.05) is 0 Å². The third-order valence-electron chi connectivity index (χ3n) is 2.07. The second-order valence-electron chi connectivity index (χ2n) is 3.31. The summed E-state index contributed by atoms with van der Waals surface area (Å²) in [5, 5.41) is 3.32. The van der Waals surface area contributed by atoms with Crippen molar-refractivity contribution in [1.82, 2.24) is 9.97 Å². The van der Waals surface area contributed by atoms with Gasteiger partial charge in [0.2, 0.25) is 0 Å². The second kappa shape index (κ2) is 5.65. The van der Waals surface area contributed by atoms with Gasteiger partial charge in [-0.25, -0.2) is 4.98 Å². The molecule has 0 bridgehead atoms. The molecule has 0 saturated heterocycles. The zero-order valence-electron chi connectivity index (χ0n) is 8.82. The number of anilines is 1. The Hall–Kier alpha value is -1.17. The summed E-state index contributed by atoms with van der Waals surface area (Å²) >= 11 is 14.9. The van der Waals surface area contributed by atoms with Crippen LogP contribution in [0.1, 0.15) is 10.4 Å². The van der Waals surface area contributed by atoms with Crippen molar-refractivity contribution >= 4 is 50.7 Å². The first-order valence-electron chi connectivity index (χ1n) is 4.80. The monoisotopic (exact) mass is 345 g/mol. The largest absolute Gasteiger partial charge is 0.320 e. The predicted molar refractivity (Wildman–Crippen MR) is 74.1 cm³/mol. The van der Waals surface area contributed by atoms with Crippen LogP contribution in [-0.4, -0.2) is 15.9 Å². The summed E-state index contributed by atoms with van der Waals surface area (Å²) < 4.78 is 0.597. The molecule has 2 aromatic rings. The first kappa shape index (κ1) is 13.3. The molecule has 92 valence electrons. The summed E-state index contributed by atoms with van der Waals surface area (Å²) in [4.78, 5) is 19.7. The Morgan fingerprint density at radius 3 is 2.78 bits per heavy atom. The van der Waals surface area contributed by atoms with Gasteiger partial charge >= 0.3 is 0 Å². The van der Waals surface area contributed by atoms with Gasteiger partial charge in [-0.05, 0) is 28.1 Å². The van der Waals surface area contributed by atoms with E-state index in [0.717, 1.165) is 0 Å². The summed E-state index contributed by atoms with van der Waals surface area (Å²) in [7, 11) is 0. The lowest BCUT2D eigenvalue weighted by Gasteiger charge is -2.06. The number of pyridine rings is 2. The molecule has 0 spiro atoms. The van der Waals surface area contributed by atoms with Crippen molar-refractivity contribution in [2.75, 3.05) is 5.32 Å². The van der Waals surface area contributed by atoms with Crippen LogP contribution in [0.25, 0.3) is 0 Å². The lowest BCUT2D eigenvalue weighted by Crippen LogP contribution is -2.13. The van der Waals surface area contributed by atoms with Crippen molar-refractivity contribution in [3.63, 3.8) is 0 Å². The molecular formula is C11H6BrCl2N3O. The number of carbonyl (C=O) groups excluding carboxylic acids is 1. The fourth-order valence-electron chi connectivity index (χ4n) is 1.23. The standard InChI is InChI=1S/C11H6BrCl2N3O/c12-8-3-6(4-16-10(8)14)17-11(18)7-5-15-2-1-9(7)13/h1-5H,(H,17,18). The Kier molecular flexibility index (Phi) is 4.16. The molecule has 1 N–H and O–H groups in total. The van der Waals surface area contributed by atoms with E-state index in [9.17, 15) is 4.79 Å². The number of aromatic nitrogens is 2. The molecule has 18 heavy (non-hydrogen) atoms. The van der Waals surface area contributed by atoms with Crippen molar-refractivity contribution in [2.24, 2.45) is 0 Å². The molecule has 7 heteroatoms. The Labute approximate surface area is 121 Å². The van der Waals surface area contributed by atoms with Crippen molar-refractivity contribution in [3.05, 3.63) is 50.9 Å². The van der Waals surface area contributed by atoms with Gasteiger partial charge in [-0.1, -0.05) is 23.2 Å². The highest BCUT2D eigenvalue weighted by atomic mass is 79.9. The normalized spacial score (nSPS) is 10.2. The van der Waals surface area contributed by atoms with Crippen LogP contribution in [0.2, 0.25) is 10.2 Å². The zero-order chi connectivity index (χ0) is 13.1. The summed E-state index contributed by atoms with van der Waals surface area (Å²) in [6, 6.07) is 3.20. The van der Waals surface area contributed by atoms with Crippen molar-refractivity contribution in [3.8, 4) is 0 Å². The van der Waals surface area contributed by atoms with Crippen LogP contribution in [0, 0.1) is 0 Å². The van der Waals surface area contributed by atoms with E-state index in [2.05, 4.69) is 31.2 Å². The molecule has 2 rings (SSSR count). The molecule has 0 aliphatic carbocycles. The van der Waals surface area contributed by atoms with Gasteiger partial charge in [0.15, 0.2) is 0 Å². The lowest BCUT2D eigenvalue weighted by molar-refractivity contribution is 0.102. The van der Waals surface area contributed by atoms with Crippen LogP contribution in [-0.2, 0) is 0 Å². The maximum absolute atomic E-state index is 11.9. The quantitative estimate of drug-likeness (QED) is 0.841. The Morgan fingerprint density at radius 1 is 1.33 bits per heavy atom. The molecule has 0 unspecified atom stereocenters. The maximum atomic E-state index is 11.9. The molecule has 0 atom stereocenters. The number of carbonyl (C=O) groups is 1. The van der Waals surface area contributed by atoms with Crippen LogP contribution in [0.5, 0.6) is 0 Å². The van der Waals surface area contributed by atoms with E-state index < -0.39 is 0 Å². The number of nitrogens with zero attached hydrogens (tertiary/aromatic N) is 2. The van der Waals surface area contributed by atoms with Crippen LogP contribution >= 0.6 is 39.1 Å². The van der Waals surface area contributed by atoms with E-state index >= 15 is 0 Å². The van der Waals surface area contributed by atoms with E-state index in [1.165, 1.54) is 18.6 Å². The Morgan fingerprint density at radius 2 is 2.11 bits per heavy atom.